The lowest BCUT2D eigenvalue weighted by Crippen LogP contribution is -2.40. The number of carbonyl (C=O) groups is 4. The van der Waals surface area contributed by atoms with Crippen LogP contribution in [-0.2, 0) is 20.8 Å². The molecule has 2 amide bonds. The van der Waals surface area contributed by atoms with Crippen molar-refractivity contribution in [2.24, 2.45) is 17.4 Å². The fourth-order valence-corrected chi connectivity index (χ4v) is 2.97. The fraction of sp³-hybridized carbons (Fsp3) is 0.500. The first-order chi connectivity index (χ1) is 14.2. The molecule has 1 unspecified atom stereocenters. The molecule has 166 valence electrons. The standard InChI is InChI=1S/C20H30N4O5S/c1-12(25)16(21)9-13-3-5-15(6-4-13)29-20(28)24-8-7-17(23-2)18(26)10-14(11-30)19(22)27/h3-6,14,16-17,23,30H,7-11,21H2,1-2H3,(H2,22,27)(H,24,28)/t14-,16-,17?/m0/s1. The van der Waals surface area contributed by atoms with Crippen LogP contribution < -0.4 is 26.8 Å². The Labute approximate surface area is 181 Å². The number of carbonyl (C=O) groups excluding carboxylic acids is 4. The third-order valence-electron chi connectivity index (χ3n) is 4.62. The van der Waals surface area contributed by atoms with Gasteiger partial charge in [0.25, 0.3) is 0 Å². The summed E-state index contributed by atoms with van der Waals surface area (Å²) < 4.78 is 5.19. The molecule has 1 aromatic rings. The quantitative estimate of drug-likeness (QED) is 0.276. The van der Waals surface area contributed by atoms with Crippen LogP contribution in [0, 0.1) is 5.92 Å². The number of rotatable bonds is 13. The van der Waals surface area contributed by atoms with Crippen LogP contribution in [0.2, 0.25) is 0 Å². The molecule has 0 aromatic heterocycles. The maximum atomic E-state index is 12.3. The second-order valence-corrected chi connectivity index (χ2v) is 7.33. The highest BCUT2D eigenvalue weighted by Crippen LogP contribution is 2.14. The number of likely N-dealkylation sites (N-methyl/N-ethyl adjacent to an activating group) is 1. The normalized spacial score (nSPS) is 13.7. The lowest BCUT2D eigenvalue weighted by atomic mass is 9.98. The number of nitrogens with one attached hydrogen (secondary N) is 2. The van der Waals surface area contributed by atoms with Crippen molar-refractivity contribution in [1.29, 1.82) is 0 Å². The number of amides is 2. The Kier molecular flexibility index (Phi) is 11.1. The molecule has 0 bridgehead atoms. The topological polar surface area (TPSA) is 154 Å². The average Bonchev–Trinajstić information content (AvgIpc) is 2.70. The van der Waals surface area contributed by atoms with E-state index in [2.05, 4.69) is 23.3 Å². The number of benzene rings is 1. The molecular weight excluding hydrogens is 408 g/mol. The molecule has 10 heteroatoms. The molecule has 1 aromatic carbocycles. The molecular formula is C20H30N4O5S. The monoisotopic (exact) mass is 438 g/mol. The number of hydrogen-bond acceptors (Lipinski definition) is 8. The zero-order chi connectivity index (χ0) is 22.7. The number of ketones is 2. The van der Waals surface area contributed by atoms with Crippen LogP contribution in [0.15, 0.2) is 24.3 Å². The summed E-state index contributed by atoms with van der Waals surface area (Å²) in [5, 5.41) is 5.45. The molecule has 0 saturated heterocycles. The Balaban J connectivity index is 2.45. The van der Waals surface area contributed by atoms with Crippen molar-refractivity contribution < 1.29 is 23.9 Å². The zero-order valence-corrected chi connectivity index (χ0v) is 18.1. The molecule has 0 radical (unpaired) electrons. The molecule has 0 saturated carbocycles. The van der Waals surface area contributed by atoms with E-state index in [1.807, 2.05) is 0 Å². The van der Waals surface area contributed by atoms with E-state index in [0.29, 0.717) is 18.6 Å². The van der Waals surface area contributed by atoms with Gasteiger partial charge in [0.2, 0.25) is 5.91 Å². The number of Topliss-reactive ketones (excluding diaryl/α,β-unsaturated/α-hetero) is 2. The first-order valence-corrected chi connectivity index (χ1v) is 10.2. The maximum Gasteiger partial charge on any atom is 0.412 e. The van der Waals surface area contributed by atoms with Crippen molar-refractivity contribution in [3.63, 3.8) is 0 Å². The third kappa shape index (κ3) is 8.93. The maximum absolute atomic E-state index is 12.3. The highest BCUT2D eigenvalue weighted by molar-refractivity contribution is 7.80. The Hall–Kier alpha value is -2.43. The smallest absolute Gasteiger partial charge is 0.410 e. The SMILES string of the molecule is CNC(CCNC(=O)Oc1ccc(C[C@H](N)C(C)=O)cc1)C(=O)C[C@@H](CS)C(N)=O. The first kappa shape index (κ1) is 25.6. The van der Waals surface area contributed by atoms with Gasteiger partial charge in [0.1, 0.15) is 11.5 Å². The second-order valence-electron chi connectivity index (χ2n) is 6.96. The van der Waals surface area contributed by atoms with Crippen LogP contribution in [0.25, 0.3) is 0 Å². The van der Waals surface area contributed by atoms with E-state index in [1.165, 1.54) is 6.92 Å². The van der Waals surface area contributed by atoms with Gasteiger partial charge >= 0.3 is 6.09 Å². The van der Waals surface area contributed by atoms with Gasteiger partial charge in [0.05, 0.1) is 18.0 Å². The fourth-order valence-electron chi connectivity index (χ4n) is 2.66. The van der Waals surface area contributed by atoms with Gasteiger partial charge in [-0.15, -0.1) is 0 Å². The van der Waals surface area contributed by atoms with Gasteiger partial charge in [0.15, 0.2) is 5.78 Å². The number of hydrogen-bond donors (Lipinski definition) is 5. The van der Waals surface area contributed by atoms with Crippen molar-refractivity contribution >= 4 is 36.2 Å². The molecule has 30 heavy (non-hydrogen) atoms. The summed E-state index contributed by atoms with van der Waals surface area (Å²) in [6, 6.07) is 5.60. The largest absolute Gasteiger partial charge is 0.412 e. The van der Waals surface area contributed by atoms with Gasteiger partial charge in [-0.3, -0.25) is 14.4 Å². The minimum absolute atomic E-state index is 0.00554. The van der Waals surface area contributed by atoms with Gasteiger partial charge < -0.3 is 26.8 Å². The lowest BCUT2D eigenvalue weighted by molar-refractivity contribution is -0.127. The summed E-state index contributed by atoms with van der Waals surface area (Å²) in [4.78, 5) is 46.7. The van der Waals surface area contributed by atoms with Crippen LogP contribution in [0.4, 0.5) is 4.79 Å². The van der Waals surface area contributed by atoms with Crippen LogP contribution in [0.5, 0.6) is 5.75 Å². The van der Waals surface area contributed by atoms with Gasteiger partial charge in [-0.2, -0.15) is 12.6 Å². The molecule has 6 N–H and O–H groups in total. The van der Waals surface area contributed by atoms with Crippen LogP contribution in [-0.4, -0.2) is 55.0 Å². The number of nitrogens with two attached hydrogens (primary N) is 2. The summed E-state index contributed by atoms with van der Waals surface area (Å²) >= 11 is 4.04. The molecule has 1 rings (SSSR count). The minimum Gasteiger partial charge on any atom is -0.410 e. The Bertz CT molecular complexity index is 741. The summed E-state index contributed by atoms with van der Waals surface area (Å²) in [6.45, 7) is 1.64. The molecule has 0 spiro atoms. The molecule has 9 nitrogen and oxygen atoms in total. The molecule has 0 aliphatic rings. The van der Waals surface area contributed by atoms with E-state index in [-0.39, 0.29) is 30.3 Å². The van der Waals surface area contributed by atoms with E-state index < -0.39 is 30.0 Å². The number of thiol groups is 1. The summed E-state index contributed by atoms with van der Waals surface area (Å²) in [6.07, 6.45) is 0.0694. The second kappa shape index (κ2) is 13.0. The number of primary amides is 1. The average molecular weight is 439 g/mol. The van der Waals surface area contributed by atoms with Crippen molar-refractivity contribution in [1.82, 2.24) is 10.6 Å². The Morgan fingerprint density at radius 3 is 2.30 bits per heavy atom. The van der Waals surface area contributed by atoms with Gasteiger partial charge in [0, 0.05) is 18.7 Å². The van der Waals surface area contributed by atoms with Gasteiger partial charge in [-0.05, 0) is 44.5 Å². The highest BCUT2D eigenvalue weighted by atomic mass is 32.1. The zero-order valence-electron chi connectivity index (χ0n) is 17.2. The van der Waals surface area contributed by atoms with E-state index >= 15 is 0 Å². The predicted octanol–water partition coefficient (Wildman–Crippen LogP) is 0.202. The van der Waals surface area contributed by atoms with Crippen LogP contribution in [0.1, 0.15) is 25.3 Å². The predicted molar refractivity (Wildman–Crippen MR) is 116 cm³/mol. The van der Waals surface area contributed by atoms with Gasteiger partial charge in [-0.1, -0.05) is 12.1 Å². The van der Waals surface area contributed by atoms with E-state index in [1.54, 1.807) is 31.3 Å². The summed E-state index contributed by atoms with van der Waals surface area (Å²) in [5.41, 5.74) is 11.8. The lowest BCUT2D eigenvalue weighted by Gasteiger charge is -2.17. The minimum atomic E-state index is -0.657. The summed E-state index contributed by atoms with van der Waals surface area (Å²) in [5.74, 6) is -0.922. The van der Waals surface area contributed by atoms with Crippen molar-refractivity contribution in [3.05, 3.63) is 29.8 Å². The highest BCUT2D eigenvalue weighted by Gasteiger charge is 2.23. The Morgan fingerprint density at radius 2 is 1.80 bits per heavy atom. The van der Waals surface area contributed by atoms with Crippen molar-refractivity contribution in [3.8, 4) is 5.75 Å². The molecule has 0 fully saturated rings. The van der Waals surface area contributed by atoms with E-state index in [4.69, 9.17) is 16.2 Å². The first-order valence-electron chi connectivity index (χ1n) is 9.58. The van der Waals surface area contributed by atoms with Crippen LogP contribution in [0.3, 0.4) is 0 Å². The van der Waals surface area contributed by atoms with Crippen molar-refractivity contribution in [2.45, 2.75) is 38.3 Å². The van der Waals surface area contributed by atoms with E-state index in [0.717, 1.165) is 5.56 Å². The van der Waals surface area contributed by atoms with E-state index in [9.17, 15) is 19.2 Å². The number of ether oxygens (including phenoxy) is 1. The molecule has 0 aliphatic carbocycles. The Morgan fingerprint density at radius 1 is 1.17 bits per heavy atom. The third-order valence-corrected chi connectivity index (χ3v) is 5.06. The van der Waals surface area contributed by atoms with Gasteiger partial charge in [-0.25, -0.2) is 4.79 Å². The summed E-state index contributed by atoms with van der Waals surface area (Å²) in [7, 11) is 1.63. The molecule has 0 aliphatic heterocycles. The van der Waals surface area contributed by atoms with Crippen LogP contribution >= 0.6 is 12.6 Å². The molecule has 0 heterocycles. The van der Waals surface area contributed by atoms with Crippen molar-refractivity contribution in [2.75, 3.05) is 19.3 Å². The molecule has 3 atom stereocenters.